The van der Waals surface area contributed by atoms with Gasteiger partial charge in [0.1, 0.15) is 5.65 Å². The van der Waals surface area contributed by atoms with Crippen molar-refractivity contribution in [3.05, 3.63) is 53.8 Å². The molecular weight excluding hydrogens is 432 g/mol. The third-order valence-corrected chi connectivity index (χ3v) is 7.09. The molecule has 33 heavy (non-hydrogen) atoms. The van der Waals surface area contributed by atoms with Crippen LogP contribution in [-0.4, -0.2) is 63.4 Å². The van der Waals surface area contributed by atoms with Gasteiger partial charge >= 0.3 is 0 Å². The zero-order valence-electron chi connectivity index (χ0n) is 19.0. The fraction of sp³-hybridized carbons (Fsp3) is 0.320. The summed E-state index contributed by atoms with van der Waals surface area (Å²) in [5, 5.41) is 4.59. The number of anilines is 2. The number of likely N-dealkylation sites (N-methyl/N-ethyl adjacent to an activating group) is 1. The van der Waals surface area contributed by atoms with Crippen molar-refractivity contribution in [3.8, 4) is 0 Å². The standard InChI is InChI=1S/C25H28N6OS/c1-3-30(4-2)15-24(32)31-11-8-17(9-12-31)22-14-19-20(7-10-26-25(19)29-22)28-18-5-6-21-23(13-18)33-16-27-21/h5-8,10,13-14,16H,3-4,9,11-12,15H2,1-2H3,(H2,26,28,29). The summed E-state index contributed by atoms with van der Waals surface area (Å²) in [6, 6.07) is 10.4. The number of nitrogens with one attached hydrogen (secondary N) is 2. The number of pyridine rings is 1. The van der Waals surface area contributed by atoms with E-state index in [1.54, 1.807) is 11.3 Å². The number of hydrogen-bond acceptors (Lipinski definition) is 6. The molecule has 0 unspecified atom stereocenters. The first-order valence-electron chi connectivity index (χ1n) is 11.4. The Balaban J connectivity index is 1.34. The number of nitrogens with zero attached hydrogens (tertiary/aromatic N) is 4. The van der Waals surface area contributed by atoms with Crippen LogP contribution in [0.1, 0.15) is 26.0 Å². The molecule has 4 heterocycles. The number of thiazole rings is 1. The van der Waals surface area contributed by atoms with E-state index in [0.717, 1.165) is 64.4 Å². The van der Waals surface area contributed by atoms with E-state index in [-0.39, 0.29) is 5.91 Å². The molecule has 1 aliphatic heterocycles. The molecule has 0 saturated carbocycles. The first kappa shape index (κ1) is 21.6. The number of H-pyrrole nitrogens is 1. The Bertz CT molecular complexity index is 1320. The smallest absolute Gasteiger partial charge is 0.237 e. The molecule has 0 atom stereocenters. The SMILES string of the molecule is CCN(CC)CC(=O)N1CC=C(c2cc3c(Nc4ccc5ncsc5c4)ccnc3[nH]2)CC1. The van der Waals surface area contributed by atoms with Gasteiger partial charge in [-0.2, -0.15) is 0 Å². The number of carbonyl (C=O) groups excluding carboxylic acids is 1. The molecule has 8 heteroatoms. The monoisotopic (exact) mass is 460 g/mol. The second-order valence-electron chi connectivity index (χ2n) is 8.24. The zero-order valence-corrected chi connectivity index (χ0v) is 19.8. The van der Waals surface area contributed by atoms with Crippen LogP contribution < -0.4 is 5.32 Å². The number of amides is 1. The largest absolute Gasteiger partial charge is 0.355 e. The maximum atomic E-state index is 12.6. The molecule has 0 fully saturated rings. The van der Waals surface area contributed by atoms with Gasteiger partial charge in [-0.25, -0.2) is 9.97 Å². The molecule has 0 spiro atoms. The Morgan fingerprint density at radius 2 is 2.09 bits per heavy atom. The van der Waals surface area contributed by atoms with E-state index in [0.29, 0.717) is 13.1 Å². The van der Waals surface area contributed by atoms with Gasteiger partial charge in [0.15, 0.2) is 0 Å². The number of rotatable bonds is 7. The van der Waals surface area contributed by atoms with E-state index in [1.807, 2.05) is 28.7 Å². The highest BCUT2D eigenvalue weighted by Gasteiger charge is 2.20. The second kappa shape index (κ2) is 9.33. The predicted octanol–water partition coefficient (Wildman–Crippen LogP) is 4.87. The maximum Gasteiger partial charge on any atom is 0.237 e. The molecule has 1 aromatic carbocycles. The van der Waals surface area contributed by atoms with Crippen LogP contribution in [0.25, 0.3) is 26.8 Å². The third kappa shape index (κ3) is 4.49. The first-order valence-corrected chi connectivity index (χ1v) is 12.3. The summed E-state index contributed by atoms with van der Waals surface area (Å²) in [5.41, 5.74) is 8.09. The van der Waals surface area contributed by atoms with Crippen LogP contribution >= 0.6 is 11.3 Å². The third-order valence-electron chi connectivity index (χ3n) is 6.30. The van der Waals surface area contributed by atoms with Crippen molar-refractivity contribution in [3.63, 3.8) is 0 Å². The minimum absolute atomic E-state index is 0.205. The highest BCUT2D eigenvalue weighted by Crippen LogP contribution is 2.31. The van der Waals surface area contributed by atoms with Gasteiger partial charge in [-0.05, 0) is 55.4 Å². The number of benzene rings is 1. The van der Waals surface area contributed by atoms with Gasteiger partial charge in [0.25, 0.3) is 0 Å². The lowest BCUT2D eigenvalue weighted by atomic mass is 10.0. The summed E-state index contributed by atoms with van der Waals surface area (Å²) in [5.74, 6) is 0.205. The van der Waals surface area contributed by atoms with Crippen LogP contribution in [0.4, 0.5) is 11.4 Å². The van der Waals surface area contributed by atoms with Gasteiger partial charge in [0.05, 0.1) is 28.0 Å². The van der Waals surface area contributed by atoms with Crippen LogP contribution in [0.3, 0.4) is 0 Å². The average molecular weight is 461 g/mol. The molecular formula is C25H28N6OS. The lowest BCUT2D eigenvalue weighted by Crippen LogP contribution is -2.42. The highest BCUT2D eigenvalue weighted by atomic mass is 32.1. The lowest BCUT2D eigenvalue weighted by molar-refractivity contribution is -0.131. The van der Waals surface area contributed by atoms with Crippen LogP contribution in [0.5, 0.6) is 0 Å². The highest BCUT2D eigenvalue weighted by molar-refractivity contribution is 7.16. The van der Waals surface area contributed by atoms with Crippen molar-refractivity contribution >= 4 is 55.4 Å². The van der Waals surface area contributed by atoms with E-state index in [9.17, 15) is 4.79 Å². The van der Waals surface area contributed by atoms with Crippen molar-refractivity contribution in [2.75, 3.05) is 38.0 Å². The minimum Gasteiger partial charge on any atom is -0.355 e. The average Bonchev–Trinajstić information content (AvgIpc) is 3.50. The van der Waals surface area contributed by atoms with E-state index in [1.165, 1.54) is 5.57 Å². The quantitative estimate of drug-likeness (QED) is 0.411. The van der Waals surface area contributed by atoms with Crippen LogP contribution in [0.15, 0.2) is 48.1 Å². The van der Waals surface area contributed by atoms with E-state index >= 15 is 0 Å². The number of hydrogen-bond donors (Lipinski definition) is 2. The normalized spacial score (nSPS) is 14.3. The van der Waals surface area contributed by atoms with E-state index < -0.39 is 0 Å². The molecule has 5 rings (SSSR count). The number of aromatic amines is 1. The summed E-state index contributed by atoms with van der Waals surface area (Å²) in [6.45, 7) is 7.87. The molecule has 0 radical (unpaired) electrons. The molecule has 4 aromatic rings. The molecule has 3 aromatic heterocycles. The Hall–Kier alpha value is -3.23. The molecule has 1 amide bonds. The fourth-order valence-electron chi connectivity index (χ4n) is 4.28. The van der Waals surface area contributed by atoms with Gasteiger partial charge < -0.3 is 15.2 Å². The van der Waals surface area contributed by atoms with Crippen LogP contribution in [0, 0.1) is 0 Å². The van der Waals surface area contributed by atoms with Crippen molar-refractivity contribution in [1.29, 1.82) is 0 Å². The first-order chi connectivity index (χ1) is 16.1. The van der Waals surface area contributed by atoms with Crippen LogP contribution in [-0.2, 0) is 4.79 Å². The van der Waals surface area contributed by atoms with Gasteiger partial charge in [-0.3, -0.25) is 9.69 Å². The van der Waals surface area contributed by atoms with Crippen molar-refractivity contribution < 1.29 is 4.79 Å². The molecule has 2 N–H and O–H groups in total. The summed E-state index contributed by atoms with van der Waals surface area (Å²) in [6.07, 6.45) is 4.82. The Morgan fingerprint density at radius 1 is 1.21 bits per heavy atom. The molecule has 0 aliphatic carbocycles. The summed E-state index contributed by atoms with van der Waals surface area (Å²) >= 11 is 1.64. The van der Waals surface area contributed by atoms with Crippen molar-refractivity contribution in [1.82, 2.24) is 24.8 Å². The molecule has 0 bridgehead atoms. The molecule has 7 nitrogen and oxygen atoms in total. The molecule has 1 aliphatic rings. The maximum absolute atomic E-state index is 12.6. The predicted molar refractivity (Wildman–Crippen MR) is 136 cm³/mol. The summed E-state index contributed by atoms with van der Waals surface area (Å²) in [7, 11) is 0. The van der Waals surface area contributed by atoms with Crippen molar-refractivity contribution in [2.24, 2.45) is 0 Å². The topological polar surface area (TPSA) is 77.2 Å². The fourth-order valence-corrected chi connectivity index (χ4v) is 4.99. The summed E-state index contributed by atoms with van der Waals surface area (Å²) < 4.78 is 1.16. The van der Waals surface area contributed by atoms with Gasteiger partial charge in [0, 0.05) is 36.1 Å². The van der Waals surface area contributed by atoms with Gasteiger partial charge in [-0.1, -0.05) is 19.9 Å². The second-order valence-corrected chi connectivity index (χ2v) is 9.13. The number of fused-ring (bicyclic) bond motifs is 2. The Labute approximate surface area is 197 Å². The van der Waals surface area contributed by atoms with Crippen molar-refractivity contribution in [2.45, 2.75) is 20.3 Å². The molecule has 170 valence electrons. The number of aromatic nitrogens is 3. The Kier molecular flexibility index (Phi) is 6.11. The Morgan fingerprint density at radius 3 is 2.88 bits per heavy atom. The van der Waals surface area contributed by atoms with Gasteiger partial charge in [-0.15, -0.1) is 11.3 Å². The summed E-state index contributed by atoms with van der Waals surface area (Å²) in [4.78, 5) is 29.1. The number of carbonyl (C=O) groups is 1. The molecule has 0 saturated heterocycles. The lowest BCUT2D eigenvalue weighted by Gasteiger charge is -2.28. The van der Waals surface area contributed by atoms with E-state index in [4.69, 9.17) is 0 Å². The van der Waals surface area contributed by atoms with Crippen LogP contribution in [0.2, 0.25) is 0 Å². The van der Waals surface area contributed by atoms with E-state index in [2.05, 4.69) is 63.3 Å². The van der Waals surface area contributed by atoms with Gasteiger partial charge in [0.2, 0.25) is 5.91 Å². The zero-order chi connectivity index (χ0) is 22.8. The minimum atomic E-state index is 0.205.